The number of fused-ring (bicyclic) bond motifs is 1. The molecule has 3 rings (SSSR count). The van der Waals surface area contributed by atoms with E-state index in [2.05, 4.69) is 10.5 Å². The fraction of sp³-hybridized carbons (Fsp3) is 0.182. The average molecular weight is 378 g/mol. The van der Waals surface area contributed by atoms with Crippen LogP contribution in [0.3, 0.4) is 0 Å². The number of benzene rings is 3. The summed E-state index contributed by atoms with van der Waals surface area (Å²) < 4.78 is 16.4. The van der Waals surface area contributed by atoms with Crippen LogP contribution in [0.15, 0.2) is 65.8 Å². The van der Waals surface area contributed by atoms with Crippen LogP contribution >= 0.6 is 0 Å². The van der Waals surface area contributed by atoms with Crippen LogP contribution in [-0.2, 0) is 4.79 Å². The summed E-state index contributed by atoms with van der Waals surface area (Å²) in [6, 6.07) is 19.0. The maximum absolute atomic E-state index is 12.1. The van der Waals surface area contributed by atoms with E-state index >= 15 is 0 Å². The number of amides is 1. The van der Waals surface area contributed by atoms with Gasteiger partial charge in [-0.05, 0) is 35.9 Å². The molecule has 0 aliphatic heterocycles. The molecule has 0 heterocycles. The van der Waals surface area contributed by atoms with E-state index in [4.69, 9.17) is 14.2 Å². The number of carbonyl (C=O) groups excluding carboxylic acids is 1. The van der Waals surface area contributed by atoms with Gasteiger partial charge in [-0.15, -0.1) is 0 Å². The van der Waals surface area contributed by atoms with Gasteiger partial charge in [-0.1, -0.05) is 42.5 Å². The lowest BCUT2D eigenvalue weighted by Gasteiger charge is -2.11. The van der Waals surface area contributed by atoms with E-state index in [9.17, 15) is 4.79 Å². The zero-order valence-electron chi connectivity index (χ0n) is 15.8. The molecule has 0 aliphatic rings. The van der Waals surface area contributed by atoms with Crippen molar-refractivity contribution in [3.63, 3.8) is 0 Å². The highest BCUT2D eigenvalue weighted by Gasteiger charge is 2.08. The second-order valence-corrected chi connectivity index (χ2v) is 5.86. The SMILES string of the molecule is CCOc1ccccc1OCC(=O)NN=Cc1c(OC)ccc2ccccc12. The van der Waals surface area contributed by atoms with Gasteiger partial charge in [0.15, 0.2) is 18.1 Å². The van der Waals surface area contributed by atoms with Gasteiger partial charge >= 0.3 is 0 Å². The standard InChI is InChI=1S/C22H22N2O4/c1-3-27-20-10-6-7-11-21(20)28-15-22(25)24-23-14-18-17-9-5-4-8-16(17)12-13-19(18)26-2/h4-14H,3,15H2,1-2H3,(H,24,25). The Morgan fingerprint density at radius 3 is 2.43 bits per heavy atom. The summed E-state index contributed by atoms with van der Waals surface area (Å²) in [5.74, 6) is 1.42. The van der Waals surface area contributed by atoms with Crippen LogP contribution in [0.1, 0.15) is 12.5 Å². The fourth-order valence-corrected chi connectivity index (χ4v) is 2.78. The lowest BCUT2D eigenvalue weighted by Crippen LogP contribution is -2.24. The van der Waals surface area contributed by atoms with E-state index in [0.29, 0.717) is 23.9 Å². The van der Waals surface area contributed by atoms with Crippen LogP contribution < -0.4 is 19.6 Å². The second-order valence-electron chi connectivity index (χ2n) is 5.86. The molecule has 3 aromatic carbocycles. The Hall–Kier alpha value is -3.54. The third-order valence-electron chi connectivity index (χ3n) is 4.04. The molecule has 6 nitrogen and oxygen atoms in total. The molecular weight excluding hydrogens is 356 g/mol. The van der Waals surface area contributed by atoms with Crippen LogP contribution in [-0.4, -0.2) is 32.4 Å². The van der Waals surface area contributed by atoms with E-state index < -0.39 is 0 Å². The van der Waals surface area contributed by atoms with Crippen LogP contribution in [0.25, 0.3) is 10.8 Å². The monoisotopic (exact) mass is 378 g/mol. The topological polar surface area (TPSA) is 69.2 Å². The molecule has 0 atom stereocenters. The second kappa shape index (κ2) is 9.41. The molecule has 0 fully saturated rings. The first-order chi connectivity index (χ1) is 13.7. The number of nitrogens with zero attached hydrogens (tertiary/aromatic N) is 1. The molecule has 0 bridgehead atoms. The normalized spacial score (nSPS) is 10.8. The predicted octanol–water partition coefficient (Wildman–Crippen LogP) is 3.78. The van der Waals surface area contributed by atoms with E-state index in [0.717, 1.165) is 16.3 Å². The Labute approximate surface area is 163 Å². The summed E-state index contributed by atoms with van der Waals surface area (Å²) in [7, 11) is 1.60. The molecule has 144 valence electrons. The van der Waals surface area contributed by atoms with Crippen molar-refractivity contribution in [3.8, 4) is 17.2 Å². The first-order valence-corrected chi connectivity index (χ1v) is 8.95. The minimum atomic E-state index is -0.373. The molecule has 0 saturated carbocycles. The third-order valence-corrected chi connectivity index (χ3v) is 4.04. The molecule has 6 heteroatoms. The van der Waals surface area contributed by atoms with Crippen LogP contribution in [0.5, 0.6) is 17.2 Å². The van der Waals surface area contributed by atoms with Crippen molar-refractivity contribution in [2.45, 2.75) is 6.92 Å². The predicted molar refractivity (Wildman–Crippen MR) is 109 cm³/mol. The molecule has 1 amide bonds. The zero-order chi connectivity index (χ0) is 19.8. The van der Waals surface area contributed by atoms with E-state index in [1.807, 2.05) is 55.5 Å². The summed E-state index contributed by atoms with van der Waals surface area (Å²) in [6.45, 7) is 2.23. The lowest BCUT2D eigenvalue weighted by molar-refractivity contribution is -0.123. The van der Waals surface area contributed by atoms with E-state index in [1.165, 1.54) is 0 Å². The van der Waals surface area contributed by atoms with Crippen molar-refractivity contribution < 1.29 is 19.0 Å². The fourth-order valence-electron chi connectivity index (χ4n) is 2.78. The van der Waals surface area contributed by atoms with Crippen LogP contribution in [0.2, 0.25) is 0 Å². The highest BCUT2D eigenvalue weighted by molar-refractivity contribution is 6.02. The number of methoxy groups -OCH3 is 1. The summed E-state index contributed by atoms with van der Waals surface area (Å²) in [6.07, 6.45) is 1.58. The van der Waals surface area contributed by atoms with Gasteiger partial charge in [0.2, 0.25) is 0 Å². The number of hydrogen-bond donors (Lipinski definition) is 1. The number of para-hydroxylation sites is 2. The molecule has 0 aliphatic carbocycles. The van der Waals surface area contributed by atoms with Crippen molar-refractivity contribution in [1.82, 2.24) is 5.43 Å². The summed E-state index contributed by atoms with van der Waals surface area (Å²) in [4.78, 5) is 12.1. The lowest BCUT2D eigenvalue weighted by atomic mass is 10.0. The Balaban J connectivity index is 1.65. The summed E-state index contributed by atoms with van der Waals surface area (Å²) >= 11 is 0. The van der Waals surface area contributed by atoms with Gasteiger partial charge in [0.05, 0.1) is 19.9 Å². The smallest absolute Gasteiger partial charge is 0.277 e. The highest BCUT2D eigenvalue weighted by Crippen LogP contribution is 2.27. The van der Waals surface area contributed by atoms with E-state index in [-0.39, 0.29) is 12.5 Å². The van der Waals surface area contributed by atoms with Crippen LogP contribution in [0.4, 0.5) is 0 Å². The molecule has 0 aromatic heterocycles. The van der Waals surface area contributed by atoms with Crippen molar-refractivity contribution in [3.05, 3.63) is 66.2 Å². The quantitative estimate of drug-likeness (QED) is 0.478. The molecule has 28 heavy (non-hydrogen) atoms. The first kappa shape index (κ1) is 19.2. The van der Waals surface area contributed by atoms with Gasteiger partial charge in [-0.2, -0.15) is 5.10 Å². The third kappa shape index (κ3) is 4.59. The number of rotatable bonds is 8. The number of nitrogens with one attached hydrogen (secondary N) is 1. The number of ether oxygens (including phenoxy) is 3. The zero-order valence-corrected chi connectivity index (χ0v) is 15.8. The molecule has 0 unspecified atom stereocenters. The number of carbonyl (C=O) groups is 1. The van der Waals surface area contributed by atoms with Crippen molar-refractivity contribution in [2.24, 2.45) is 5.10 Å². The Morgan fingerprint density at radius 2 is 1.68 bits per heavy atom. The molecule has 0 radical (unpaired) electrons. The van der Waals surface area contributed by atoms with Gasteiger partial charge in [0.25, 0.3) is 5.91 Å². The van der Waals surface area contributed by atoms with Gasteiger partial charge < -0.3 is 14.2 Å². The van der Waals surface area contributed by atoms with Crippen molar-refractivity contribution >= 4 is 22.9 Å². The maximum atomic E-state index is 12.1. The number of hydrazone groups is 1. The molecule has 3 aromatic rings. The Bertz CT molecular complexity index is 985. The largest absolute Gasteiger partial charge is 0.496 e. The van der Waals surface area contributed by atoms with Gasteiger partial charge in [-0.3, -0.25) is 4.79 Å². The van der Waals surface area contributed by atoms with Crippen LogP contribution in [0, 0.1) is 0 Å². The van der Waals surface area contributed by atoms with Gasteiger partial charge in [-0.25, -0.2) is 5.43 Å². The minimum absolute atomic E-state index is 0.173. The maximum Gasteiger partial charge on any atom is 0.277 e. The van der Waals surface area contributed by atoms with Crippen molar-refractivity contribution in [1.29, 1.82) is 0 Å². The summed E-state index contributed by atoms with van der Waals surface area (Å²) in [5, 5.41) is 6.11. The average Bonchev–Trinajstić information content (AvgIpc) is 2.73. The number of hydrogen-bond acceptors (Lipinski definition) is 5. The molecular formula is C22H22N2O4. The molecule has 0 spiro atoms. The van der Waals surface area contributed by atoms with Gasteiger partial charge in [0, 0.05) is 5.56 Å². The van der Waals surface area contributed by atoms with Gasteiger partial charge in [0.1, 0.15) is 5.75 Å². The minimum Gasteiger partial charge on any atom is -0.496 e. The first-order valence-electron chi connectivity index (χ1n) is 8.95. The Morgan fingerprint density at radius 1 is 0.964 bits per heavy atom. The highest BCUT2D eigenvalue weighted by atomic mass is 16.5. The van der Waals surface area contributed by atoms with Crippen molar-refractivity contribution in [2.75, 3.05) is 20.3 Å². The molecule has 1 N–H and O–H groups in total. The molecule has 0 saturated heterocycles. The summed E-state index contributed by atoms with van der Waals surface area (Å²) in [5.41, 5.74) is 3.27. The Kier molecular flexibility index (Phi) is 6.46. The van der Waals surface area contributed by atoms with E-state index in [1.54, 1.807) is 25.5 Å².